The minimum atomic E-state index is 1.02. The number of aromatic nitrogens is 3. The number of benzene rings is 2. The maximum absolute atomic E-state index is 4.43. The largest absolute Gasteiger partial charge is 0.334 e. The van der Waals surface area contributed by atoms with E-state index >= 15 is 0 Å². The number of fused-ring (bicyclic) bond motifs is 2. The Balaban J connectivity index is 2.01. The third-order valence-corrected chi connectivity index (χ3v) is 3.72. The van der Waals surface area contributed by atoms with Gasteiger partial charge in [0.05, 0.1) is 17.4 Å². The van der Waals surface area contributed by atoms with E-state index in [1.807, 2.05) is 36.4 Å². The van der Waals surface area contributed by atoms with E-state index in [0.29, 0.717) is 0 Å². The molecule has 20 heavy (non-hydrogen) atoms. The summed E-state index contributed by atoms with van der Waals surface area (Å²) in [5.74, 6) is 0. The molecule has 4 rings (SSSR count). The molecule has 0 amide bonds. The topological polar surface area (TPSA) is 30.7 Å². The zero-order valence-corrected chi connectivity index (χ0v) is 11.1. The van der Waals surface area contributed by atoms with Crippen LogP contribution in [0.5, 0.6) is 0 Å². The van der Waals surface area contributed by atoms with Crippen molar-refractivity contribution in [3.05, 3.63) is 61.2 Å². The van der Waals surface area contributed by atoms with Gasteiger partial charge in [-0.25, -0.2) is 4.98 Å². The smallest absolute Gasteiger partial charge is 0.0955 e. The first-order valence-corrected chi connectivity index (χ1v) is 6.57. The molecular formula is C17H13N3. The van der Waals surface area contributed by atoms with Crippen molar-refractivity contribution >= 4 is 21.8 Å². The first-order chi connectivity index (χ1) is 9.83. The average Bonchev–Trinajstić information content (AvgIpc) is 2.87. The number of aryl methyl sites for hydroxylation is 1. The highest BCUT2D eigenvalue weighted by molar-refractivity contribution is 5.97. The maximum atomic E-state index is 4.43. The molecule has 0 aliphatic heterocycles. The second kappa shape index (κ2) is 4.17. The molecule has 0 radical (unpaired) electrons. The van der Waals surface area contributed by atoms with Gasteiger partial charge in [-0.05, 0) is 34.7 Å². The van der Waals surface area contributed by atoms with Gasteiger partial charge in [-0.3, -0.25) is 4.98 Å². The Labute approximate surface area is 116 Å². The van der Waals surface area contributed by atoms with Crippen molar-refractivity contribution in [1.29, 1.82) is 0 Å². The van der Waals surface area contributed by atoms with Crippen molar-refractivity contribution in [2.75, 3.05) is 0 Å². The molecule has 0 saturated heterocycles. The minimum absolute atomic E-state index is 1.02. The fraction of sp³-hybridized carbons (Fsp3) is 0.0588. The fourth-order valence-electron chi connectivity index (χ4n) is 2.67. The molecule has 0 fully saturated rings. The van der Waals surface area contributed by atoms with Crippen LogP contribution < -0.4 is 0 Å². The monoisotopic (exact) mass is 259 g/mol. The molecule has 3 heteroatoms. The van der Waals surface area contributed by atoms with E-state index in [1.165, 1.54) is 21.9 Å². The lowest BCUT2D eigenvalue weighted by atomic mass is 9.99. The van der Waals surface area contributed by atoms with Crippen LogP contribution in [0, 0.1) is 0 Å². The Morgan fingerprint density at radius 3 is 2.95 bits per heavy atom. The van der Waals surface area contributed by atoms with E-state index in [-0.39, 0.29) is 0 Å². The number of pyridine rings is 1. The van der Waals surface area contributed by atoms with Crippen LogP contribution in [0.1, 0.15) is 0 Å². The molecular weight excluding hydrogens is 246 g/mol. The fourth-order valence-corrected chi connectivity index (χ4v) is 2.67. The third-order valence-electron chi connectivity index (χ3n) is 3.72. The number of rotatable bonds is 1. The molecule has 96 valence electrons. The Morgan fingerprint density at radius 1 is 1.05 bits per heavy atom. The van der Waals surface area contributed by atoms with Crippen molar-refractivity contribution < 1.29 is 0 Å². The lowest BCUT2D eigenvalue weighted by Gasteiger charge is -2.06. The normalized spacial score (nSPS) is 11.2. The van der Waals surface area contributed by atoms with Gasteiger partial charge in [-0.1, -0.05) is 24.3 Å². The van der Waals surface area contributed by atoms with E-state index in [9.17, 15) is 0 Å². The van der Waals surface area contributed by atoms with Crippen molar-refractivity contribution in [3.63, 3.8) is 0 Å². The van der Waals surface area contributed by atoms with Gasteiger partial charge in [-0.2, -0.15) is 0 Å². The van der Waals surface area contributed by atoms with Crippen LogP contribution in [0.2, 0.25) is 0 Å². The molecule has 4 aromatic rings. The molecule has 0 atom stereocenters. The minimum Gasteiger partial charge on any atom is -0.334 e. The Bertz CT molecular complexity index is 916. The van der Waals surface area contributed by atoms with Crippen LogP contribution >= 0.6 is 0 Å². The lowest BCUT2D eigenvalue weighted by molar-refractivity contribution is 0.948. The van der Waals surface area contributed by atoms with E-state index in [1.54, 1.807) is 0 Å². The summed E-state index contributed by atoms with van der Waals surface area (Å²) >= 11 is 0. The highest BCUT2D eigenvalue weighted by Crippen LogP contribution is 2.29. The molecule has 0 N–H and O–H groups in total. The van der Waals surface area contributed by atoms with Crippen LogP contribution in [0.15, 0.2) is 61.2 Å². The van der Waals surface area contributed by atoms with Crippen LogP contribution in [0.4, 0.5) is 0 Å². The highest BCUT2D eigenvalue weighted by atomic mass is 15.0. The van der Waals surface area contributed by atoms with Crippen molar-refractivity contribution in [2.45, 2.75) is 0 Å². The summed E-state index contributed by atoms with van der Waals surface area (Å²) in [5, 5.41) is 2.38. The Hall–Kier alpha value is -2.68. The van der Waals surface area contributed by atoms with Crippen molar-refractivity contribution in [1.82, 2.24) is 14.5 Å². The van der Waals surface area contributed by atoms with Crippen LogP contribution in [0.3, 0.4) is 0 Å². The summed E-state index contributed by atoms with van der Waals surface area (Å²) in [6.45, 7) is 0. The number of imidazole rings is 1. The first kappa shape index (κ1) is 11.2. The van der Waals surface area contributed by atoms with Crippen LogP contribution in [-0.2, 0) is 7.05 Å². The van der Waals surface area contributed by atoms with Crippen LogP contribution in [-0.4, -0.2) is 14.5 Å². The van der Waals surface area contributed by atoms with E-state index in [2.05, 4.69) is 46.4 Å². The van der Waals surface area contributed by atoms with Gasteiger partial charge >= 0.3 is 0 Å². The third kappa shape index (κ3) is 1.60. The molecule has 3 nitrogen and oxygen atoms in total. The summed E-state index contributed by atoms with van der Waals surface area (Å²) in [4.78, 5) is 8.68. The molecule has 2 aromatic carbocycles. The lowest BCUT2D eigenvalue weighted by Crippen LogP contribution is -1.85. The van der Waals surface area contributed by atoms with Gasteiger partial charge in [0, 0.05) is 24.8 Å². The van der Waals surface area contributed by atoms with E-state index in [0.717, 1.165) is 11.0 Å². The summed E-state index contributed by atoms with van der Waals surface area (Å²) in [5.41, 5.74) is 4.54. The Morgan fingerprint density at radius 2 is 2.00 bits per heavy atom. The number of nitrogens with zero attached hydrogens (tertiary/aromatic N) is 3. The second-order valence-electron chi connectivity index (χ2n) is 4.96. The van der Waals surface area contributed by atoms with Gasteiger partial charge < -0.3 is 4.57 Å². The molecule has 0 aliphatic carbocycles. The van der Waals surface area contributed by atoms with Crippen LogP contribution in [0.25, 0.3) is 32.9 Å². The van der Waals surface area contributed by atoms with Gasteiger partial charge in [0.1, 0.15) is 0 Å². The summed E-state index contributed by atoms with van der Waals surface area (Å²) in [6, 6.07) is 14.8. The van der Waals surface area contributed by atoms with Gasteiger partial charge in [0.15, 0.2) is 0 Å². The maximum Gasteiger partial charge on any atom is 0.0955 e. The standard InChI is InChI=1S/C17H13N3/c1-20-11-19-16-9-13(5-6-17(16)20)14-4-2-3-12-7-8-18-10-15(12)14/h2-11H,1H3. The molecule has 0 unspecified atom stereocenters. The zero-order chi connectivity index (χ0) is 13.5. The van der Waals surface area contributed by atoms with Crippen molar-refractivity contribution in [2.24, 2.45) is 7.05 Å². The molecule has 0 spiro atoms. The highest BCUT2D eigenvalue weighted by Gasteiger charge is 2.06. The zero-order valence-electron chi connectivity index (χ0n) is 11.1. The predicted octanol–water partition coefficient (Wildman–Crippen LogP) is 3.79. The quantitative estimate of drug-likeness (QED) is 0.520. The molecule has 2 heterocycles. The number of hydrogen-bond acceptors (Lipinski definition) is 2. The van der Waals surface area contributed by atoms with Crippen molar-refractivity contribution in [3.8, 4) is 11.1 Å². The van der Waals surface area contributed by atoms with E-state index in [4.69, 9.17) is 0 Å². The first-order valence-electron chi connectivity index (χ1n) is 6.57. The average molecular weight is 259 g/mol. The molecule has 0 aliphatic rings. The van der Waals surface area contributed by atoms with Gasteiger partial charge in [0.2, 0.25) is 0 Å². The molecule has 2 aromatic heterocycles. The molecule has 0 saturated carbocycles. The number of hydrogen-bond donors (Lipinski definition) is 0. The Kier molecular flexibility index (Phi) is 2.33. The van der Waals surface area contributed by atoms with E-state index < -0.39 is 0 Å². The SMILES string of the molecule is Cn1cnc2cc(-c3cccc4ccncc34)ccc21. The molecule has 0 bridgehead atoms. The second-order valence-corrected chi connectivity index (χ2v) is 4.96. The summed E-state index contributed by atoms with van der Waals surface area (Å²) < 4.78 is 2.03. The van der Waals surface area contributed by atoms with Gasteiger partial charge in [-0.15, -0.1) is 0 Å². The van der Waals surface area contributed by atoms with Gasteiger partial charge in [0.25, 0.3) is 0 Å². The summed E-state index contributed by atoms with van der Waals surface area (Å²) in [6.07, 6.45) is 5.60. The predicted molar refractivity (Wildman–Crippen MR) is 81.5 cm³/mol. The summed E-state index contributed by atoms with van der Waals surface area (Å²) in [7, 11) is 2.01.